The predicted octanol–water partition coefficient (Wildman–Crippen LogP) is 2.19. The second-order valence-corrected chi connectivity index (χ2v) is 4.83. The minimum Gasteiger partial charge on any atom is -0.435 e. The van der Waals surface area contributed by atoms with Crippen LogP contribution in [0.3, 0.4) is 0 Å². The maximum atomic E-state index is 12.3. The highest BCUT2D eigenvalue weighted by atomic mass is 19.3. The summed E-state index contributed by atoms with van der Waals surface area (Å²) in [6.07, 6.45) is 1.45. The summed E-state index contributed by atoms with van der Waals surface area (Å²) >= 11 is 0. The second kappa shape index (κ2) is 7.32. The molecule has 0 radical (unpaired) electrons. The zero-order valence-electron chi connectivity index (χ0n) is 12.9. The van der Waals surface area contributed by atoms with E-state index in [1.54, 1.807) is 25.1 Å². The molecule has 1 aromatic carbocycles. The van der Waals surface area contributed by atoms with Gasteiger partial charge in [-0.2, -0.15) is 29.0 Å². The van der Waals surface area contributed by atoms with Crippen LogP contribution in [0.15, 0.2) is 24.3 Å². The average molecular weight is 332 g/mol. The monoisotopic (exact) mass is 332 g/mol. The second-order valence-electron chi connectivity index (χ2n) is 4.83. The van der Waals surface area contributed by atoms with Crippen molar-refractivity contribution < 1.29 is 13.5 Å². The number of alkyl halides is 2. The van der Waals surface area contributed by atoms with Crippen molar-refractivity contribution in [3.63, 3.8) is 0 Å². The lowest BCUT2D eigenvalue weighted by Crippen LogP contribution is -2.15. The quantitative estimate of drug-likeness (QED) is 0.837. The van der Waals surface area contributed by atoms with E-state index >= 15 is 0 Å². The Morgan fingerprint density at radius 1 is 1.33 bits per heavy atom. The molecular formula is C15H14F2N6O. The molecule has 1 heterocycles. The topological polar surface area (TPSA) is 101 Å². The van der Waals surface area contributed by atoms with Crippen LogP contribution >= 0.6 is 0 Å². The molecule has 9 heteroatoms. The maximum absolute atomic E-state index is 12.3. The first-order chi connectivity index (χ1) is 11.4. The van der Waals surface area contributed by atoms with E-state index < -0.39 is 6.61 Å². The van der Waals surface area contributed by atoms with E-state index in [0.29, 0.717) is 11.5 Å². The molecule has 7 nitrogen and oxygen atoms in total. The lowest BCUT2D eigenvalue weighted by atomic mass is 10.1. The number of nitrogens with two attached hydrogens (primary N) is 1. The standard InChI is InChI=1S/C15H14F2N6O/c1-23(2)15-21-12(20-14(19)22-15)10(8-18)6-9-4-3-5-11(7-9)24-13(16)17/h3-7,13H,1-2H3,(H2,19,20,21,22). The Morgan fingerprint density at radius 2 is 2.08 bits per heavy atom. The van der Waals surface area contributed by atoms with Crippen molar-refractivity contribution in [2.75, 3.05) is 24.7 Å². The summed E-state index contributed by atoms with van der Waals surface area (Å²) in [5, 5.41) is 9.35. The first kappa shape index (κ1) is 17.1. The normalized spacial score (nSPS) is 11.2. The molecule has 0 aliphatic heterocycles. The number of nitrogens with zero attached hydrogens (tertiary/aromatic N) is 5. The number of nitrogen functional groups attached to an aromatic ring is 1. The molecule has 24 heavy (non-hydrogen) atoms. The van der Waals surface area contributed by atoms with Crippen molar-refractivity contribution in [3.8, 4) is 11.8 Å². The number of hydrogen-bond acceptors (Lipinski definition) is 7. The molecule has 0 aliphatic carbocycles. The third-order valence-electron chi connectivity index (χ3n) is 2.80. The number of nitriles is 1. The van der Waals surface area contributed by atoms with Crippen LogP contribution in [0.1, 0.15) is 11.4 Å². The molecule has 0 atom stereocenters. The van der Waals surface area contributed by atoms with Crippen LogP contribution < -0.4 is 15.4 Å². The predicted molar refractivity (Wildman–Crippen MR) is 85.1 cm³/mol. The van der Waals surface area contributed by atoms with Crippen LogP contribution in [0, 0.1) is 11.3 Å². The molecule has 124 valence electrons. The Labute approximate surface area is 137 Å². The summed E-state index contributed by atoms with van der Waals surface area (Å²) in [5.41, 5.74) is 6.23. The zero-order valence-corrected chi connectivity index (χ0v) is 12.9. The number of aromatic nitrogens is 3. The highest BCUT2D eigenvalue weighted by Crippen LogP contribution is 2.21. The number of rotatable bonds is 5. The van der Waals surface area contributed by atoms with Crippen molar-refractivity contribution >= 4 is 23.5 Å². The number of halogens is 2. The lowest BCUT2D eigenvalue weighted by molar-refractivity contribution is -0.0498. The third-order valence-corrected chi connectivity index (χ3v) is 2.80. The van der Waals surface area contributed by atoms with E-state index in [4.69, 9.17) is 5.73 Å². The molecular weight excluding hydrogens is 318 g/mol. The molecule has 0 fully saturated rings. The van der Waals surface area contributed by atoms with Gasteiger partial charge in [0.05, 0.1) is 5.57 Å². The summed E-state index contributed by atoms with van der Waals surface area (Å²) in [7, 11) is 3.44. The number of benzene rings is 1. The fourth-order valence-electron chi connectivity index (χ4n) is 1.80. The Morgan fingerprint density at radius 3 is 2.71 bits per heavy atom. The van der Waals surface area contributed by atoms with E-state index in [1.807, 2.05) is 6.07 Å². The minimum absolute atomic E-state index is 0.0137. The number of anilines is 2. The molecule has 2 rings (SSSR count). The van der Waals surface area contributed by atoms with E-state index in [-0.39, 0.29) is 23.1 Å². The number of allylic oxidation sites excluding steroid dienone is 1. The van der Waals surface area contributed by atoms with Gasteiger partial charge in [0.1, 0.15) is 11.8 Å². The maximum Gasteiger partial charge on any atom is 0.387 e. The van der Waals surface area contributed by atoms with Crippen molar-refractivity contribution in [1.29, 1.82) is 5.26 Å². The molecule has 1 aromatic heterocycles. The molecule has 0 bridgehead atoms. The fourth-order valence-corrected chi connectivity index (χ4v) is 1.80. The molecule has 0 saturated carbocycles. The van der Waals surface area contributed by atoms with Crippen molar-refractivity contribution in [1.82, 2.24) is 15.0 Å². The SMILES string of the molecule is CN(C)c1nc(N)nc(C(C#N)=Cc2cccc(OC(F)F)c2)n1. The van der Waals surface area contributed by atoms with E-state index in [9.17, 15) is 14.0 Å². The number of hydrogen-bond donors (Lipinski definition) is 1. The minimum atomic E-state index is -2.93. The van der Waals surface area contributed by atoms with Gasteiger partial charge >= 0.3 is 6.61 Å². The summed E-state index contributed by atoms with van der Waals surface area (Å²) in [5.74, 6) is 0.349. The average Bonchev–Trinajstić information content (AvgIpc) is 2.51. The van der Waals surface area contributed by atoms with Gasteiger partial charge in [-0.1, -0.05) is 12.1 Å². The Bertz CT molecular complexity index is 801. The largest absolute Gasteiger partial charge is 0.435 e. The molecule has 2 aromatic rings. The van der Waals surface area contributed by atoms with E-state index in [2.05, 4.69) is 19.7 Å². The van der Waals surface area contributed by atoms with Crippen LogP contribution in [-0.4, -0.2) is 35.7 Å². The van der Waals surface area contributed by atoms with Crippen LogP contribution in [0.25, 0.3) is 11.6 Å². The van der Waals surface area contributed by atoms with Crippen molar-refractivity contribution in [2.45, 2.75) is 6.61 Å². The van der Waals surface area contributed by atoms with Gasteiger partial charge in [0.25, 0.3) is 0 Å². The van der Waals surface area contributed by atoms with Gasteiger partial charge < -0.3 is 15.4 Å². The highest BCUT2D eigenvalue weighted by Gasteiger charge is 2.11. The first-order valence-corrected chi connectivity index (χ1v) is 6.75. The van der Waals surface area contributed by atoms with Gasteiger partial charge in [-0.05, 0) is 23.8 Å². The van der Waals surface area contributed by atoms with Crippen molar-refractivity contribution in [2.24, 2.45) is 0 Å². The summed E-state index contributed by atoms with van der Waals surface area (Å²) in [6.45, 7) is -2.93. The molecule has 0 saturated heterocycles. The summed E-state index contributed by atoms with van der Waals surface area (Å²) < 4.78 is 28.9. The van der Waals surface area contributed by atoms with Crippen LogP contribution in [0.5, 0.6) is 5.75 Å². The Hall–Kier alpha value is -3.28. The lowest BCUT2D eigenvalue weighted by Gasteiger charge is -2.11. The van der Waals surface area contributed by atoms with Gasteiger partial charge in [0.2, 0.25) is 11.9 Å². The first-order valence-electron chi connectivity index (χ1n) is 6.75. The Balaban J connectivity index is 2.42. The van der Waals surface area contributed by atoms with E-state index in [1.165, 1.54) is 24.3 Å². The molecule has 0 amide bonds. The summed E-state index contributed by atoms with van der Waals surface area (Å²) in [6, 6.07) is 7.90. The smallest absolute Gasteiger partial charge is 0.387 e. The van der Waals surface area contributed by atoms with Crippen molar-refractivity contribution in [3.05, 3.63) is 35.7 Å². The van der Waals surface area contributed by atoms with Gasteiger partial charge in [0, 0.05) is 14.1 Å². The Kier molecular flexibility index (Phi) is 5.21. The highest BCUT2D eigenvalue weighted by molar-refractivity contribution is 5.87. The van der Waals surface area contributed by atoms with Gasteiger partial charge in [0.15, 0.2) is 5.82 Å². The zero-order chi connectivity index (χ0) is 17.7. The van der Waals surface area contributed by atoms with Crippen LogP contribution in [0.2, 0.25) is 0 Å². The van der Waals surface area contributed by atoms with Crippen LogP contribution in [-0.2, 0) is 0 Å². The fraction of sp³-hybridized carbons (Fsp3) is 0.200. The molecule has 0 aliphatic rings. The molecule has 2 N–H and O–H groups in total. The van der Waals surface area contributed by atoms with Gasteiger partial charge in [-0.3, -0.25) is 0 Å². The van der Waals surface area contributed by atoms with Gasteiger partial charge in [-0.15, -0.1) is 0 Å². The summed E-state index contributed by atoms with van der Waals surface area (Å²) in [4.78, 5) is 13.7. The number of ether oxygens (including phenoxy) is 1. The third kappa shape index (κ3) is 4.36. The van der Waals surface area contributed by atoms with Gasteiger partial charge in [-0.25, -0.2) is 0 Å². The molecule has 0 unspecified atom stereocenters. The van der Waals surface area contributed by atoms with E-state index in [0.717, 1.165) is 0 Å². The van der Waals surface area contributed by atoms with Crippen LogP contribution in [0.4, 0.5) is 20.7 Å². The molecule has 0 spiro atoms.